The molecule has 0 unspecified atom stereocenters. The Bertz CT molecular complexity index is 588. The predicted octanol–water partition coefficient (Wildman–Crippen LogP) is 3.28. The lowest BCUT2D eigenvalue weighted by Gasteiger charge is -2.07. The number of hydrogen-bond donors (Lipinski definition) is 1. The zero-order valence-corrected chi connectivity index (χ0v) is 10.7. The molecule has 0 saturated carbocycles. The van der Waals surface area contributed by atoms with Gasteiger partial charge in [-0.25, -0.2) is 15.0 Å². The van der Waals surface area contributed by atoms with E-state index in [0.717, 1.165) is 24.0 Å². The van der Waals surface area contributed by atoms with Crippen molar-refractivity contribution in [3.63, 3.8) is 0 Å². The van der Waals surface area contributed by atoms with Gasteiger partial charge in [-0.3, -0.25) is 0 Å². The zero-order chi connectivity index (χ0) is 14.0. The van der Waals surface area contributed by atoms with Crippen LogP contribution in [0.15, 0.2) is 34.7 Å². The van der Waals surface area contributed by atoms with Crippen molar-refractivity contribution < 1.29 is 13.2 Å². The third-order valence-corrected chi connectivity index (χ3v) is 3.33. The van der Waals surface area contributed by atoms with E-state index in [-0.39, 0.29) is 10.8 Å². The average Bonchev–Trinajstić information content (AvgIpc) is 2.35. The van der Waals surface area contributed by atoms with E-state index in [9.17, 15) is 13.2 Å². The summed E-state index contributed by atoms with van der Waals surface area (Å²) >= 11 is 6.72. The molecule has 0 aliphatic rings. The van der Waals surface area contributed by atoms with E-state index in [4.69, 9.17) is 17.3 Å². The Morgan fingerprint density at radius 1 is 1.16 bits per heavy atom. The summed E-state index contributed by atoms with van der Waals surface area (Å²) in [6.07, 6.45) is -2.44. The molecule has 2 N–H and O–H groups in total. The van der Waals surface area contributed by atoms with E-state index in [0.29, 0.717) is 10.1 Å². The Labute approximate surface area is 115 Å². The number of alkyl halides is 3. The van der Waals surface area contributed by atoms with Crippen molar-refractivity contribution in [1.29, 1.82) is 0 Å². The highest BCUT2D eigenvalue weighted by Crippen LogP contribution is 2.33. The number of nitrogens with two attached hydrogens (primary N) is 1. The van der Waals surface area contributed by atoms with Crippen molar-refractivity contribution in [2.24, 2.45) is 0 Å². The van der Waals surface area contributed by atoms with Gasteiger partial charge in [0.15, 0.2) is 5.15 Å². The number of halogens is 4. The second-order valence-electron chi connectivity index (χ2n) is 3.37. The Balaban J connectivity index is 2.23. The van der Waals surface area contributed by atoms with Crippen molar-refractivity contribution in [3.05, 3.63) is 35.4 Å². The molecule has 4 nitrogen and oxygen atoms in total. The normalized spacial score (nSPS) is 11.6. The number of anilines is 1. The molecule has 19 heavy (non-hydrogen) atoms. The number of rotatable bonds is 2. The molecular weight excluding hydrogens is 301 g/mol. The monoisotopic (exact) mass is 306 g/mol. The standard InChI is InChI=1S/C10H6ClF3N4S/c11-8-7(15)9(18-4-17-8)19-6-2-1-5(3-16-6)10(12,13)14/h1-4H,15H2. The van der Waals surface area contributed by atoms with Gasteiger partial charge < -0.3 is 5.73 Å². The quantitative estimate of drug-likeness (QED) is 0.863. The lowest BCUT2D eigenvalue weighted by Crippen LogP contribution is -2.05. The highest BCUT2D eigenvalue weighted by atomic mass is 35.5. The van der Waals surface area contributed by atoms with E-state index in [2.05, 4.69) is 15.0 Å². The highest BCUT2D eigenvalue weighted by molar-refractivity contribution is 7.99. The minimum absolute atomic E-state index is 0.0874. The van der Waals surface area contributed by atoms with Crippen LogP contribution in [0.1, 0.15) is 5.56 Å². The summed E-state index contributed by atoms with van der Waals surface area (Å²) in [4.78, 5) is 11.3. The van der Waals surface area contributed by atoms with Gasteiger partial charge in [0.05, 0.1) is 5.56 Å². The number of nitrogens with zero attached hydrogens (tertiary/aromatic N) is 3. The first-order valence-corrected chi connectivity index (χ1v) is 6.04. The topological polar surface area (TPSA) is 64.7 Å². The molecule has 0 saturated heterocycles. The molecule has 9 heteroatoms. The van der Waals surface area contributed by atoms with Crippen LogP contribution in [0.25, 0.3) is 0 Å². The first-order chi connectivity index (χ1) is 8.88. The maximum Gasteiger partial charge on any atom is 0.417 e. The van der Waals surface area contributed by atoms with Crippen LogP contribution in [0, 0.1) is 0 Å². The predicted molar refractivity (Wildman–Crippen MR) is 64.8 cm³/mol. The molecular formula is C10H6ClF3N4S. The van der Waals surface area contributed by atoms with Gasteiger partial charge in [0.25, 0.3) is 0 Å². The number of hydrogen-bond acceptors (Lipinski definition) is 5. The van der Waals surface area contributed by atoms with E-state index >= 15 is 0 Å². The highest BCUT2D eigenvalue weighted by Gasteiger charge is 2.30. The molecule has 0 amide bonds. The molecule has 0 aliphatic carbocycles. The van der Waals surface area contributed by atoms with Gasteiger partial charge in [0, 0.05) is 6.20 Å². The molecule has 0 radical (unpaired) electrons. The summed E-state index contributed by atoms with van der Waals surface area (Å²) in [6, 6.07) is 2.18. The van der Waals surface area contributed by atoms with Crippen molar-refractivity contribution in [2.45, 2.75) is 16.2 Å². The third-order valence-electron chi connectivity index (χ3n) is 2.06. The lowest BCUT2D eigenvalue weighted by atomic mass is 10.3. The summed E-state index contributed by atoms with van der Waals surface area (Å²) in [5, 5.41) is 0.756. The summed E-state index contributed by atoms with van der Waals surface area (Å²) < 4.78 is 37.1. The van der Waals surface area contributed by atoms with E-state index in [1.54, 1.807) is 0 Å². The molecule has 0 bridgehead atoms. The fraction of sp³-hybridized carbons (Fsp3) is 0.100. The number of aromatic nitrogens is 3. The molecule has 0 aliphatic heterocycles. The van der Waals surface area contributed by atoms with E-state index in [1.807, 2.05) is 0 Å². The fourth-order valence-electron chi connectivity index (χ4n) is 1.15. The smallest absolute Gasteiger partial charge is 0.394 e. The average molecular weight is 307 g/mol. The Morgan fingerprint density at radius 3 is 2.47 bits per heavy atom. The van der Waals surface area contributed by atoms with Crippen LogP contribution in [-0.4, -0.2) is 15.0 Å². The van der Waals surface area contributed by atoms with Crippen molar-refractivity contribution in [2.75, 3.05) is 5.73 Å². The molecule has 0 atom stereocenters. The summed E-state index contributed by atoms with van der Waals surface area (Å²) in [6.45, 7) is 0. The molecule has 100 valence electrons. The second-order valence-corrected chi connectivity index (χ2v) is 4.74. The molecule has 2 heterocycles. The van der Waals surface area contributed by atoms with Crippen LogP contribution < -0.4 is 5.73 Å². The van der Waals surface area contributed by atoms with Crippen LogP contribution in [0.5, 0.6) is 0 Å². The van der Waals surface area contributed by atoms with E-state index < -0.39 is 11.7 Å². The molecule has 2 rings (SSSR count). The van der Waals surface area contributed by atoms with Gasteiger partial charge in [-0.05, 0) is 23.9 Å². The van der Waals surface area contributed by atoms with Gasteiger partial charge in [-0.1, -0.05) is 11.6 Å². The van der Waals surface area contributed by atoms with Gasteiger partial charge in [-0.15, -0.1) is 0 Å². The first-order valence-electron chi connectivity index (χ1n) is 4.85. The van der Waals surface area contributed by atoms with Crippen LogP contribution in [0.4, 0.5) is 18.9 Å². The fourth-order valence-corrected chi connectivity index (χ4v) is 2.08. The minimum Gasteiger partial charge on any atom is -0.394 e. The largest absolute Gasteiger partial charge is 0.417 e. The van der Waals surface area contributed by atoms with Gasteiger partial charge in [0.2, 0.25) is 0 Å². The molecule has 0 spiro atoms. The van der Waals surface area contributed by atoms with Gasteiger partial charge in [0.1, 0.15) is 22.1 Å². The lowest BCUT2D eigenvalue weighted by molar-refractivity contribution is -0.137. The summed E-state index contributed by atoms with van der Waals surface area (Å²) in [7, 11) is 0. The molecule has 2 aromatic rings. The maximum absolute atomic E-state index is 12.4. The Morgan fingerprint density at radius 2 is 1.89 bits per heavy atom. The van der Waals surface area contributed by atoms with Crippen molar-refractivity contribution in [1.82, 2.24) is 15.0 Å². The molecule has 0 fully saturated rings. The van der Waals surface area contributed by atoms with E-state index in [1.165, 1.54) is 12.4 Å². The first kappa shape index (κ1) is 13.9. The summed E-state index contributed by atoms with van der Waals surface area (Å²) in [5.41, 5.74) is 4.99. The van der Waals surface area contributed by atoms with Gasteiger partial charge >= 0.3 is 6.18 Å². The Kier molecular flexibility index (Phi) is 3.81. The maximum atomic E-state index is 12.4. The van der Waals surface area contributed by atoms with Crippen LogP contribution >= 0.6 is 23.4 Å². The minimum atomic E-state index is -4.41. The SMILES string of the molecule is Nc1c(Cl)ncnc1Sc1ccc(C(F)(F)F)cn1. The van der Waals surface area contributed by atoms with Crippen LogP contribution in [-0.2, 0) is 6.18 Å². The Hall–Kier alpha value is -1.54. The van der Waals surface area contributed by atoms with Crippen molar-refractivity contribution in [3.8, 4) is 0 Å². The number of nitrogen functional groups attached to an aromatic ring is 1. The second kappa shape index (κ2) is 5.22. The zero-order valence-electron chi connectivity index (χ0n) is 9.15. The van der Waals surface area contributed by atoms with Gasteiger partial charge in [-0.2, -0.15) is 13.2 Å². The number of pyridine rings is 1. The molecule has 2 aromatic heterocycles. The van der Waals surface area contributed by atoms with Crippen LogP contribution in [0.2, 0.25) is 5.15 Å². The summed E-state index contributed by atoms with van der Waals surface area (Å²) in [5.74, 6) is 0. The van der Waals surface area contributed by atoms with Crippen LogP contribution in [0.3, 0.4) is 0 Å². The molecule has 0 aromatic carbocycles. The van der Waals surface area contributed by atoms with Crippen molar-refractivity contribution >= 4 is 29.1 Å². The third kappa shape index (κ3) is 3.27.